The second-order valence-electron chi connectivity index (χ2n) is 3.60. The summed E-state index contributed by atoms with van der Waals surface area (Å²) in [5.41, 5.74) is 0. The molecule has 15 heavy (non-hydrogen) atoms. The van der Waals surface area contributed by atoms with Crippen LogP contribution in [0.3, 0.4) is 0 Å². The van der Waals surface area contributed by atoms with E-state index in [4.69, 9.17) is 16.3 Å². The van der Waals surface area contributed by atoms with E-state index in [9.17, 15) is 0 Å². The SMILES string of the molecule is COCCN(c1ccnc(Cl)n1)C1CC1. The Bertz CT molecular complexity index is 330. The number of aromatic nitrogens is 2. The van der Waals surface area contributed by atoms with Gasteiger partial charge in [0.05, 0.1) is 6.61 Å². The Morgan fingerprint density at radius 1 is 1.60 bits per heavy atom. The highest BCUT2D eigenvalue weighted by atomic mass is 35.5. The van der Waals surface area contributed by atoms with Crippen molar-refractivity contribution in [2.45, 2.75) is 18.9 Å². The predicted molar refractivity (Wildman–Crippen MR) is 59.3 cm³/mol. The minimum atomic E-state index is 0.301. The van der Waals surface area contributed by atoms with Gasteiger partial charge in [0.1, 0.15) is 5.82 Å². The maximum atomic E-state index is 5.77. The smallest absolute Gasteiger partial charge is 0.224 e. The normalized spacial score (nSPS) is 15.3. The predicted octanol–water partition coefficient (Wildman–Crippen LogP) is 1.75. The quantitative estimate of drug-likeness (QED) is 0.719. The topological polar surface area (TPSA) is 38.2 Å². The van der Waals surface area contributed by atoms with Gasteiger partial charge >= 0.3 is 0 Å². The molecule has 0 spiro atoms. The fourth-order valence-corrected chi connectivity index (χ4v) is 1.69. The van der Waals surface area contributed by atoms with E-state index in [0.717, 1.165) is 12.4 Å². The second kappa shape index (κ2) is 4.77. The summed E-state index contributed by atoms with van der Waals surface area (Å²) < 4.78 is 5.08. The van der Waals surface area contributed by atoms with Crippen LogP contribution in [-0.4, -0.2) is 36.3 Å². The Morgan fingerprint density at radius 3 is 3.00 bits per heavy atom. The molecule has 1 fully saturated rings. The van der Waals surface area contributed by atoms with Crippen molar-refractivity contribution < 1.29 is 4.74 Å². The average Bonchev–Trinajstić information content (AvgIpc) is 3.03. The summed E-state index contributed by atoms with van der Waals surface area (Å²) in [7, 11) is 1.71. The van der Waals surface area contributed by atoms with Crippen molar-refractivity contribution in [1.29, 1.82) is 0 Å². The molecular formula is C10H14ClN3O. The summed E-state index contributed by atoms with van der Waals surface area (Å²) in [6, 6.07) is 2.49. The molecule has 5 heteroatoms. The molecular weight excluding hydrogens is 214 g/mol. The van der Waals surface area contributed by atoms with Gasteiger partial charge in [-0.2, -0.15) is 0 Å². The molecule has 1 saturated carbocycles. The number of ether oxygens (including phenoxy) is 1. The summed E-state index contributed by atoms with van der Waals surface area (Å²) in [4.78, 5) is 10.3. The molecule has 0 saturated heterocycles. The highest BCUT2D eigenvalue weighted by molar-refractivity contribution is 6.28. The Labute approximate surface area is 94.2 Å². The van der Waals surface area contributed by atoms with Crippen LogP contribution in [0.25, 0.3) is 0 Å². The molecule has 0 radical (unpaired) electrons. The van der Waals surface area contributed by atoms with Gasteiger partial charge in [0.25, 0.3) is 0 Å². The summed E-state index contributed by atoms with van der Waals surface area (Å²) in [6.45, 7) is 1.56. The Kier molecular flexibility index (Phi) is 3.38. The molecule has 0 atom stereocenters. The van der Waals surface area contributed by atoms with Crippen LogP contribution < -0.4 is 4.90 Å². The van der Waals surface area contributed by atoms with Crippen LogP contribution in [0.15, 0.2) is 12.3 Å². The van der Waals surface area contributed by atoms with Gasteiger partial charge in [-0.15, -0.1) is 0 Å². The van der Waals surface area contributed by atoms with Crippen molar-refractivity contribution in [3.8, 4) is 0 Å². The fraction of sp³-hybridized carbons (Fsp3) is 0.600. The highest BCUT2D eigenvalue weighted by Gasteiger charge is 2.29. The maximum absolute atomic E-state index is 5.77. The molecule has 0 aliphatic heterocycles. The number of hydrogen-bond donors (Lipinski definition) is 0. The van der Waals surface area contributed by atoms with Crippen LogP contribution in [0, 0.1) is 0 Å². The third-order valence-electron chi connectivity index (χ3n) is 2.43. The van der Waals surface area contributed by atoms with Crippen molar-refractivity contribution in [2.24, 2.45) is 0 Å². The van der Waals surface area contributed by atoms with Crippen molar-refractivity contribution >= 4 is 17.4 Å². The van der Waals surface area contributed by atoms with E-state index >= 15 is 0 Å². The van der Waals surface area contributed by atoms with E-state index in [1.54, 1.807) is 13.3 Å². The van der Waals surface area contributed by atoms with Gasteiger partial charge in [-0.05, 0) is 30.5 Å². The second-order valence-corrected chi connectivity index (χ2v) is 3.94. The molecule has 1 aliphatic carbocycles. The maximum Gasteiger partial charge on any atom is 0.224 e. The lowest BCUT2D eigenvalue weighted by Crippen LogP contribution is -2.30. The van der Waals surface area contributed by atoms with Gasteiger partial charge in [0.2, 0.25) is 5.28 Å². The lowest BCUT2D eigenvalue weighted by atomic mass is 10.4. The van der Waals surface area contributed by atoms with E-state index in [1.165, 1.54) is 12.8 Å². The first-order valence-corrected chi connectivity index (χ1v) is 5.43. The van der Waals surface area contributed by atoms with Crippen molar-refractivity contribution in [1.82, 2.24) is 9.97 Å². The molecule has 4 nitrogen and oxygen atoms in total. The largest absolute Gasteiger partial charge is 0.383 e. The molecule has 0 aromatic carbocycles. The Hall–Kier alpha value is -0.870. The molecule has 82 valence electrons. The first kappa shape index (κ1) is 10.6. The van der Waals surface area contributed by atoms with Crippen LogP contribution in [0.1, 0.15) is 12.8 Å². The van der Waals surface area contributed by atoms with Crippen molar-refractivity contribution in [2.75, 3.05) is 25.2 Å². The van der Waals surface area contributed by atoms with Crippen LogP contribution in [0.5, 0.6) is 0 Å². The molecule has 1 aromatic heterocycles. The molecule has 1 heterocycles. The molecule has 0 N–H and O–H groups in total. The monoisotopic (exact) mass is 227 g/mol. The van der Waals surface area contributed by atoms with Gasteiger partial charge in [0.15, 0.2) is 0 Å². The summed E-state index contributed by atoms with van der Waals surface area (Å²) in [5, 5.41) is 0.301. The van der Waals surface area contributed by atoms with Gasteiger partial charge in [-0.1, -0.05) is 0 Å². The first-order valence-electron chi connectivity index (χ1n) is 5.05. The summed E-state index contributed by atoms with van der Waals surface area (Å²) in [6.07, 6.45) is 4.14. The van der Waals surface area contributed by atoms with Gasteiger partial charge in [-0.25, -0.2) is 9.97 Å². The Morgan fingerprint density at radius 2 is 2.40 bits per heavy atom. The van der Waals surface area contributed by atoms with E-state index in [-0.39, 0.29) is 0 Å². The zero-order chi connectivity index (χ0) is 10.7. The number of methoxy groups -OCH3 is 1. The summed E-state index contributed by atoms with van der Waals surface area (Å²) in [5.74, 6) is 0.898. The number of rotatable bonds is 5. The molecule has 1 aromatic rings. The molecule has 0 unspecified atom stereocenters. The van der Waals surface area contributed by atoms with E-state index in [2.05, 4.69) is 14.9 Å². The minimum absolute atomic E-state index is 0.301. The number of anilines is 1. The highest BCUT2D eigenvalue weighted by Crippen LogP contribution is 2.30. The number of hydrogen-bond acceptors (Lipinski definition) is 4. The van der Waals surface area contributed by atoms with Gasteiger partial charge in [-0.3, -0.25) is 0 Å². The van der Waals surface area contributed by atoms with E-state index in [1.807, 2.05) is 6.07 Å². The van der Waals surface area contributed by atoms with Crippen molar-refractivity contribution in [3.63, 3.8) is 0 Å². The average molecular weight is 228 g/mol. The van der Waals surface area contributed by atoms with Crippen LogP contribution in [0.2, 0.25) is 5.28 Å². The van der Waals surface area contributed by atoms with E-state index in [0.29, 0.717) is 17.9 Å². The minimum Gasteiger partial charge on any atom is -0.383 e. The molecule has 2 rings (SSSR count). The van der Waals surface area contributed by atoms with Crippen LogP contribution in [-0.2, 0) is 4.74 Å². The van der Waals surface area contributed by atoms with Gasteiger partial charge < -0.3 is 9.64 Å². The molecule has 1 aliphatic rings. The third kappa shape index (κ3) is 2.79. The lowest BCUT2D eigenvalue weighted by Gasteiger charge is -2.22. The van der Waals surface area contributed by atoms with Crippen LogP contribution >= 0.6 is 11.6 Å². The fourth-order valence-electron chi connectivity index (χ4n) is 1.55. The molecule has 0 bridgehead atoms. The third-order valence-corrected chi connectivity index (χ3v) is 2.61. The number of nitrogens with zero attached hydrogens (tertiary/aromatic N) is 3. The first-order chi connectivity index (χ1) is 7.31. The zero-order valence-electron chi connectivity index (χ0n) is 8.69. The molecule has 0 amide bonds. The standard InChI is InChI=1S/C10H14ClN3O/c1-15-7-6-14(8-2-3-8)9-4-5-12-10(11)13-9/h4-5,8H,2-3,6-7H2,1H3. The van der Waals surface area contributed by atoms with E-state index < -0.39 is 0 Å². The van der Waals surface area contributed by atoms with Crippen LogP contribution in [0.4, 0.5) is 5.82 Å². The Balaban J connectivity index is 2.09. The number of halogens is 1. The zero-order valence-corrected chi connectivity index (χ0v) is 9.44. The van der Waals surface area contributed by atoms with Crippen molar-refractivity contribution in [3.05, 3.63) is 17.5 Å². The summed E-state index contributed by atoms with van der Waals surface area (Å²) >= 11 is 5.77. The lowest BCUT2D eigenvalue weighted by molar-refractivity contribution is 0.204. The van der Waals surface area contributed by atoms with Gasteiger partial charge in [0, 0.05) is 25.9 Å².